The Hall–Kier alpha value is -4.02. The molecule has 11 nitrogen and oxygen atoms in total. The van der Waals surface area contributed by atoms with E-state index in [1.807, 2.05) is 24.3 Å². The van der Waals surface area contributed by atoms with Crippen molar-refractivity contribution >= 4 is 28.2 Å². The normalized spacial score (nSPS) is 13.2. The average molecular weight is 347 g/mol. The van der Waals surface area contributed by atoms with E-state index in [9.17, 15) is 4.79 Å². The van der Waals surface area contributed by atoms with Crippen LogP contribution in [0, 0.1) is 0 Å². The lowest BCUT2D eigenvalue weighted by Gasteiger charge is -1.98. The van der Waals surface area contributed by atoms with Crippen LogP contribution in [0.3, 0.4) is 0 Å². The lowest BCUT2D eigenvalue weighted by atomic mass is 10.2. The van der Waals surface area contributed by atoms with Crippen molar-refractivity contribution in [2.24, 2.45) is 20.2 Å². The first-order valence-electron chi connectivity index (χ1n) is 7.56. The molecule has 0 saturated carbocycles. The number of aromatic nitrogens is 4. The molecule has 26 heavy (non-hydrogen) atoms. The number of rotatable bonds is 2. The Bertz CT molecular complexity index is 1300. The maximum atomic E-state index is 12.1. The van der Waals surface area contributed by atoms with Crippen LogP contribution < -0.4 is 16.7 Å². The van der Waals surface area contributed by atoms with E-state index in [0.29, 0.717) is 34.7 Å². The van der Waals surface area contributed by atoms with Crippen molar-refractivity contribution in [3.63, 3.8) is 0 Å². The molecule has 3 N–H and O–H groups in total. The molecular formula is C15H9N9O2. The molecule has 2 aliphatic heterocycles. The van der Waals surface area contributed by atoms with E-state index < -0.39 is 5.91 Å². The summed E-state index contributed by atoms with van der Waals surface area (Å²) in [6.07, 6.45) is 0. The molecule has 1 amide bonds. The topological polar surface area (TPSA) is 160 Å². The summed E-state index contributed by atoms with van der Waals surface area (Å²) in [7, 11) is 0. The minimum absolute atomic E-state index is 0.141. The highest BCUT2D eigenvalue weighted by Crippen LogP contribution is 2.41. The largest absolute Gasteiger partial charge is 0.379 e. The second-order valence-corrected chi connectivity index (χ2v) is 5.49. The standard InChI is InChI=1S/C15H9N9O2/c16-12-11(23-26-24-12)15(25)22-21-9-7-4-2-1-3-6(7)8-10(9)20-14-13(19-8)17-5-18-14/h1-4H,5H2,(H2,16,24)(H,18,20). The van der Waals surface area contributed by atoms with Crippen LogP contribution in [0.4, 0.5) is 11.5 Å². The number of amides is 1. The molecule has 0 unspecified atom stereocenters. The number of nitrogens with zero attached hydrogens (tertiary/aromatic N) is 7. The summed E-state index contributed by atoms with van der Waals surface area (Å²) < 4.78 is 4.41. The summed E-state index contributed by atoms with van der Waals surface area (Å²) in [5.41, 5.74) is 8.21. The first-order chi connectivity index (χ1) is 12.7. The fourth-order valence-corrected chi connectivity index (χ4v) is 2.83. The Morgan fingerprint density at radius 2 is 2.04 bits per heavy atom. The molecule has 3 aliphatic rings. The molecule has 1 aromatic heterocycles. The third-order valence-corrected chi connectivity index (χ3v) is 3.99. The fraction of sp³-hybridized carbons (Fsp3) is 0.0667. The number of hydrogen-bond donors (Lipinski definition) is 2. The van der Waals surface area contributed by atoms with Crippen molar-refractivity contribution in [2.75, 3.05) is 12.4 Å². The van der Waals surface area contributed by atoms with Gasteiger partial charge in [-0.25, -0.2) is 19.6 Å². The smallest absolute Gasteiger partial charge is 0.321 e. The number of carbonyl (C=O) groups excluding carboxylic acids is 1. The molecular weight excluding hydrogens is 338 g/mol. The number of nitrogen functional groups attached to an aromatic ring is 1. The Kier molecular flexibility index (Phi) is 2.89. The van der Waals surface area contributed by atoms with Gasteiger partial charge in [-0.2, -0.15) is 0 Å². The maximum absolute atomic E-state index is 12.1. The molecule has 0 fully saturated rings. The SMILES string of the molecule is Nc1nonc1C(=O)N=Nc1c2[nH]c3c(nc-2c2ccccc12)=NCN=3. The van der Waals surface area contributed by atoms with Crippen molar-refractivity contribution in [3.05, 3.63) is 40.9 Å². The second kappa shape index (κ2) is 5.24. The van der Waals surface area contributed by atoms with E-state index in [0.717, 1.165) is 10.8 Å². The van der Waals surface area contributed by atoms with E-state index >= 15 is 0 Å². The van der Waals surface area contributed by atoms with E-state index in [1.165, 1.54) is 0 Å². The molecule has 2 aromatic rings. The van der Waals surface area contributed by atoms with Gasteiger partial charge in [0.2, 0.25) is 11.5 Å². The Morgan fingerprint density at radius 3 is 2.85 bits per heavy atom. The highest BCUT2D eigenvalue weighted by Gasteiger charge is 2.22. The van der Waals surface area contributed by atoms with Crippen molar-refractivity contribution in [1.29, 1.82) is 0 Å². The van der Waals surface area contributed by atoms with Crippen molar-refractivity contribution in [1.82, 2.24) is 20.3 Å². The third-order valence-electron chi connectivity index (χ3n) is 3.99. The van der Waals surface area contributed by atoms with E-state index in [4.69, 9.17) is 5.73 Å². The fourth-order valence-electron chi connectivity index (χ4n) is 2.83. The predicted molar refractivity (Wildman–Crippen MR) is 87.5 cm³/mol. The number of nitrogens with one attached hydrogen (secondary N) is 1. The minimum atomic E-state index is -0.754. The molecule has 0 spiro atoms. The van der Waals surface area contributed by atoms with Gasteiger partial charge in [0.25, 0.3) is 0 Å². The molecule has 5 rings (SSSR count). The Morgan fingerprint density at radius 1 is 1.19 bits per heavy atom. The minimum Gasteiger partial charge on any atom is -0.379 e. The van der Waals surface area contributed by atoms with Crippen LogP contribution in [0.1, 0.15) is 10.5 Å². The zero-order valence-corrected chi connectivity index (χ0v) is 13.0. The number of nitrogens with two attached hydrogens (primary N) is 1. The molecule has 126 valence electrons. The zero-order valence-electron chi connectivity index (χ0n) is 13.0. The number of fused-ring (bicyclic) bond motifs is 4. The second-order valence-electron chi connectivity index (χ2n) is 5.49. The molecule has 1 aliphatic carbocycles. The van der Waals surface area contributed by atoms with Crippen LogP contribution >= 0.6 is 0 Å². The van der Waals surface area contributed by atoms with Gasteiger partial charge in [0, 0.05) is 10.8 Å². The van der Waals surface area contributed by atoms with E-state index in [1.54, 1.807) is 0 Å². The molecule has 0 bridgehead atoms. The van der Waals surface area contributed by atoms with Crippen molar-refractivity contribution in [2.45, 2.75) is 0 Å². The molecule has 11 heteroatoms. The van der Waals surface area contributed by atoms with Crippen LogP contribution in [-0.4, -0.2) is 32.9 Å². The Labute approximate surface area is 143 Å². The Balaban J connectivity index is 1.72. The first-order valence-corrected chi connectivity index (χ1v) is 7.56. The number of anilines is 1. The van der Waals surface area contributed by atoms with Gasteiger partial charge in [0.15, 0.2) is 11.0 Å². The monoisotopic (exact) mass is 347 g/mol. The number of carbonyl (C=O) groups is 1. The number of aromatic amines is 1. The molecule has 3 heterocycles. The van der Waals surface area contributed by atoms with Gasteiger partial charge in [-0.3, -0.25) is 4.79 Å². The van der Waals surface area contributed by atoms with Crippen LogP contribution in [0.25, 0.3) is 22.2 Å². The number of benzene rings is 1. The van der Waals surface area contributed by atoms with Gasteiger partial charge < -0.3 is 10.7 Å². The zero-order chi connectivity index (χ0) is 17.7. The lowest BCUT2D eigenvalue weighted by molar-refractivity contribution is 0.0986. The van der Waals surface area contributed by atoms with Gasteiger partial charge in [0.1, 0.15) is 12.4 Å². The van der Waals surface area contributed by atoms with Crippen molar-refractivity contribution < 1.29 is 9.42 Å². The van der Waals surface area contributed by atoms with E-state index in [-0.39, 0.29) is 11.5 Å². The average Bonchev–Trinajstić information content (AvgIpc) is 3.35. The molecule has 0 atom stereocenters. The third kappa shape index (κ3) is 2.00. The predicted octanol–water partition coefficient (Wildman–Crippen LogP) is 0.767. The summed E-state index contributed by atoms with van der Waals surface area (Å²) in [6, 6.07) is 7.54. The summed E-state index contributed by atoms with van der Waals surface area (Å²) >= 11 is 0. The molecule has 1 aromatic carbocycles. The van der Waals surface area contributed by atoms with Gasteiger partial charge in [0.05, 0.1) is 11.4 Å². The van der Waals surface area contributed by atoms with Crippen LogP contribution in [-0.2, 0) is 0 Å². The summed E-state index contributed by atoms with van der Waals surface area (Å²) in [4.78, 5) is 28.3. The number of H-pyrrole nitrogens is 1. The highest BCUT2D eigenvalue weighted by atomic mass is 16.6. The number of hydrogen-bond acceptors (Lipinski definition) is 9. The van der Waals surface area contributed by atoms with Gasteiger partial charge in [-0.05, 0) is 10.3 Å². The molecule has 0 saturated heterocycles. The van der Waals surface area contributed by atoms with Gasteiger partial charge in [-0.15, -0.1) is 10.2 Å². The highest BCUT2D eigenvalue weighted by molar-refractivity contribution is 6.10. The lowest BCUT2D eigenvalue weighted by Crippen LogP contribution is -2.30. The van der Waals surface area contributed by atoms with Crippen LogP contribution in [0.15, 0.2) is 49.1 Å². The van der Waals surface area contributed by atoms with Crippen LogP contribution in [0.5, 0.6) is 0 Å². The number of azo groups is 1. The first kappa shape index (κ1) is 14.3. The van der Waals surface area contributed by atoms with Gasteiger partial charge >= 0.3 is 5.91 Å². The quantitative estimate of drug-likeness (QED) is 0.509. The van der Waals surface area contributed by atoms with Crippen molar-refractivity contribution in [3.8, 4) is 11.4 Å². The van der Waals surface area contributed by atoms with E-state index in [2.05, 4.69) is 45.1 Å². The summed E-state index contributed by atoms with van der Waals surface area (Å²) in [5.74, 6) is -0.895. The summed E-state index contributed by atoms with van der Waals surface area (Å²) in [5, 5.41) is 16.3. The van der Waals surface area contributed by atoms with Gasteiger partial charge in [-0.1, -0.05) is 24.3 Å². The molecule has 0 radical (unpaired) electrons. The van der Waals surface area contributed by atoms with Crippen LogP contribution in [0.2, 0.25) is 0 Å². The summed E-state index contributed by atoms with van der Waals surface area (Å²) in [6.45, 7) is 0.331. The maximum Gasteiger partial charge on any atom is 0.321 e.